The Hall–Kier alpha value is -2.07. The molecule has 2 rings (SSSR count). The molecule has 0 saturated heterocycles. The maximum absolute atomic E-state index is 11.9. The van der Waals surface area contributed by atoms with Crippen LogP contribution in [0.4, 0.5) is 0 Å². The Kier molecular flexibility index (Phi) is 3.79. The number of aliphatic hydroxyl groups is 1. The van der Waals surface area contributed by atoms with E-state index < -0.39 is 0 Å². The number of rotatable bonds is 4. The molecule has 0 aliphatic rings. The van der Waals surface area contributed by atoms with Gasteiger partial charge in [-0.05, 0) is 30.7 Å². The highest BCUT2D eigenvalue weighted by Gasteiger charge is 2.10. The quantitative estimate of drug-likeness (QED) is 0.866. The number of carbonyl (C=O) groups is 1. The zero-order chi connectivity index (χ0) is 13.0. The van der Waals surface area contributed by atoms with Gasteiger partial charge in [0.25, 0.3) is 5.91 Å². The van der Waals surface area contributed by atoms with Crippen LogP contribution in [0.15, 0.2) is 47.3 Å². The number of aliphatic hydroxyl groups excluding tert-OH is 1. The van der Waals surface area contributed by atoms with Crippen molar-refractivity contribution < 1.29 is 14.3 Å². The lowest BCUT2D eigenvalue weighted by atomic mass is 10.1. The lowest BCUT2D eigenvalue weighted by Gasteiger charge is -2.11. The summed E-state index contributed by atoms with van der Waals surface area (Å²) in [5, 5.41) is 11.6. The summed E-state index contributed by atoms with van der Waals surface area (Å²) in [7, 11) is 0. The van der Waals surface area contributed by atoms with Gasteiger partial charge in [-0.25, -0.2) is 0 Å². The van der Waals surface area contributed by atoms with E-state index in [1.165, 1.54) is 0 Å². The van der Waals surface area contributed by atoms with Crippen LogP contribution in [0.5, 0.6) is 0 Å². The molecule has 2 aromatic rings. The lowest BCUT2D eigenvalue weighted by molar-refractivity contribution is 0.0922. The SMILES string of the molecule is CC(CO)NC(=O)c1cccc(-c2ccoc2)c1. The van der Waals surface area contributed by atoms with Crippen molar-refractivity contribution in [2.75, 3.05) is 6.61 Å². The van der Waals surface area contributed by atoms with Crippen LogP contribution >= 0.6 is 0 Å². The molecular weight excluding hydrogens is 230 g/mol. The topological polar surface area (TPSA) is 62.5 Å². The molecule has 1 aromatic heterocycles. The van der Waals surface area contributed by atoms with Crippen molar-refractivity contribution in [1.29, 1.82) is 0 Å². The smallest absolute Gasteiger partial charge is 0.251 e. The van der Waals surface area contributed by atoms with Crippen molar-refractivity contribution in [3.63, 3.8) is 0 Å². The third kappa shape index (κ3) is 2.78. The van der Waals surface area contributed by atoms with Crippen LogP contribution in [0.25, 0.3) is 11.1 Å². The van der Waals surface area contributed by atoms with Crippen LogP contribution in [0.3, 0.4) is 0 Å². The maximum atomic E-state index is 11.9. The number of amides is 1. The van der Waals surface area contributed by atoms with Gasteiger partial charge in [-0.3, -0.25) is 4.79 Å². The van der Waals surface area contributed by atoms with Gasteiger partial charge in [-0.1, -0.05) is 12.1 Å². The molecule has 1 amide bonds. The molecule has 4 heteroatoms. The molecule has 0 aliphatic heterocycles. The molecule has 0 radical (unpaired) electrons. The fourth-order valence-corrected chi connectivity index (χ4v) is 1.62. The number of benzene rings is 1. The summed E-state index contributed by atoms with van der Waals surface area (Å²) in [5.41, 5.74) is 2.42. The van der Waals surface area contributed by atoms with Gasteiger partial charge in [0.1, 0.15) is 0 Å². The Morgan fingerprint density at radius 1 is 1.39 bits per heavy atom. The van der Waals surface area contributed by atoms with E-state index in [9.17, 15) is 4.79 Å². The molecule has 2 N–H and O–H groups in total. The van der Waals surface area contributed by atoms with E-state index in [0.29, 0.717) is 5.56 Å². The zero-order valence-corrected chi connectivity index (χ0v) is 10.1. The monoisotopic (exact) mass is 245 g/mol. The second-order valence-corrected chi connectivity index (χ2v) is 4.15. The molecule has 1 atom stereocenters. The van der Waals surface area contributed by atoms with Crippen molar-refractivity contribution >= 4 is 5.91 Å². The first kappa shape index (κ1) is 12.4. The summed E-state index contributed by atoms with van der Waals surface area (Å²) in [4.78, 5) is 11.9. The van der Waals surface area contributed by atoms with Crippen LogP contribution in [0, 0.1) is 0 Å². The van der Waals surface area contributed by atoms with Gasteiger partial charge >= 0.3 is 0 Å². The molecule has 1 aromatic carbocycles. The zero-order valence-electron chi connectivity index (χ0n) is 10.1. The average molecular weight is 245 g/mol. The van der Waals surface area contributed by atoms with Gasteiger partial charge in [-0.15, -0.1) is 0 Å². The minimum absolute atomic E-state index is 0.0762. The predicted octanol–water partition coefficient (Wildman–Crippen LogP) is 2.06. The van der Waals surface area contributed by atoms with Gasteiger partial charge in [0.15, 0.2) is 0 Å². The fourth-order valence-electron chi connectivity index (χ4n) is 1.62. The highest BCUT2D eigenvalue weighted by molar-refractivity contribution is 5.95. The average Bonchev–Trinajstić information content (AvgIpc) is 2.92. The van der Waals surface area contributed by atoms with E-state index in [1.807, 2.05) is 18.2 Å². The molecule has 0 spiro atoms. The summed E-state index contributed by atoms with van der Waals surface area (Å²) in [5.74, 6) is -0.193. The Morgan fingerprint density at radius 3 is 2.89 bits per heavy atom. The molecule has 0 aliphatic carbocycles. The Bertz CT molecular complexity index is 520. The molecule has 18 heavy (non-hydrogen) atoms. The first-order chi connectivity index (χ1) is 8.70. The lowest BCUT2D eigenvalue weighted by Crippen LogP contribution is -2.34. The van der Waals surface area contributed by atoms with Gasteiger partial charge < -0.3 is 14.8 Å². The fraction of sp³-hybridized carbons (Fsp3) is 0.214. The van der Waals surface area contributed by atoms with Crippen molar-refractivity contribution in [3.8, 4) is 11.1 Å². The Morgan fingerprint density at radius 2 is 2.22 bits per heavy atom. The maximum Gasteiger partial charge on any atom is 0.251 e. The van der Waals surface area contributed by atoms with E-state index in [-0.39, 0.29) is 18.6 Å². The number of furan rings is 1. The number of hydrogen-bond donors (Lipinski definition) is 2. The predicted molar refractivity (Wildman–Crippen MR) is 68.2 cm³/mol. The summed E-state index contributed by atoms with van der Waals surface area (Å²) in [6.45, 7) is 1.67. The summed E-state index contributed by atoms with van der Waals surface area (Å²) in [6.07, 6.45) is 3.23. The standard InChI is InChI=1S/C14H15NO3/c1-10(8-16)15-14(17)12-4-2-3-11(7-12)13-5-6-18-9-13/h2-7,9-10,16H,8H2,1H3,(H,15,17). The van der Waals surface area contributed by atoms with Crippen molar-refractivity contribution in [2.24, 2.45) is 0 Å². The first-order valence-corrected chi connectivity index (χ1v) is 5.75. The van der Waals surface area contributed by atoms with E-state index in [2.05, 4.69) is 5.32 Å². The molecule has 94 valence electrons. The molecule has 0 bridgehead atoms. The summed E-state index contributed by atoms with van der Waals surface area (Å²) in [6, 6.07) is 8.86. The van der Waals surface area contributed by atoms with E-state index >= 15 is 0 Å². The van der Waals surface area contributed by atoms with Gasteiger partial charge in [0, 0.05) is 17.2 Å². The second kappa shape index (κ2) is 5.51. The highest BCUT2D eigenvalue weighted by Crippen LogP contribution is 2.20. The first-order valence-electron chi connectivity index (χ1n) is 5.75. The number of hydrogen-bond acceptors (Lipinski definition) is 3. The Labute approximate surface area is 105 Å². The largest absolute Gasteiger partial charge is 0.472 e. The molecular formula is C14H15NO3. The van der Waals surface area contributed by atoms with E-state index in [4.69, 9.17) is 9.52 Å². The summed E-state index contributed by atoms with van der Waals surface area (Å²) >= 11 is 0. The number of carbonyl (C=O) groups excluding carboxylic acids is 1. The normalized spacial score (nSPS) is 12.1. The van der Waals surface area contributed by atoms with E-state index in [0.717, 1.165) is 11.1 Å². The third-order valence-electron chi connectivity index (χ3n) is 2.63. The summed E-state index contributed by atoms with van der Waals surface area (Å²) < 4.78 is 5.02. The molecule has 0 fully saturated rings. The number of nitrogens with one attached hydrogen (secondary N) is 1. The second-order valence-electron chi connectivity index (χ2n) is 4.15. The highest BCUT2D eigenvalue weighted by atomic mass is 16.3. The van der Waals surface area contributed by atoms with Crippen LogP contribution in [-0.2, 0) is 0 Å². The van der Waals surface area contributed by atoms with Crippen LogP contribution < -0.4 is 5.32 Å². The van der Waals surface area contributed by atoms with Crippen LogP contribution in [0.1, 0.15) is 17.3 Å². The van der Waals surface area contributed by atoms with Crippen molar-refractivity contribution in [1.82, 2.24) is 5.32 Å². The molecule has 1 unspecified atom stereocenters. The van der Waals surface area contributed by atoms with Crippen molar-refractivity contribution in [2.45, 2.75) is 13.0 Å². The minimum Gasteiger partial charge on any atom is -0.472 e. The minimum atomic E-state index is -0.255. The van der Waals surface area contributed by atoms with Crippen LogP contribution in [0.2, 0.25) is 0 Å². The Balaban J connectivity index is 2.20. The van der Waals surface area contributed by atoms with E-state index in [1.54, 1.807) is 31.6 Å². The van der Waals surface area contributed by atoms with Gasteiger partial charge in [0.05, 0.1) is 19.1 Å². The molecule has 4 nitrogen and oxygen atoms in total. The van der Waals surface area contributed by atoms with Gasteiger partial charge in [-0.2, -0.15) is 0 Å². The van der Waals surface area contributed by atoms with Gasteiger partial charge in [0.2, 0.25) is 0 Å². The van der Waals surface area contributed by atoms with Crippen molar-refractivity contribution in [3.05, 3.63) is 48.4 Å². The third-order valence-corrected chi connectivity index (χ3v) is 2.63. The van der Waals surface area contributed by atoms with Crippen LogP contribution in [-0.4, -0.2) is 23.7 Å². The molecule has 0 saturated carbocycles. The molecule has 1 heterocycles.